The smallest absolute Gasteiger partial charge is 0.335 e. The van der Waals surface area contributed by atoms with E-state index in [1.165, 1.54) is 23.9 Å². The van der Waals surface area contributed by atoms with Crippen LogP contribution in [-0.4, -0.2) is 23.4 Å². The van der Waals surface area contributed by atoms with Gasteiger partial charge in [0.25, 0.3) is 0 Å². The summed E-state index contributed by atoms with van der Waals surface area (Å²) in [5.41, 5.74) is 0.207. The zero-order valence-corrected chi connectivity index (χ0v) is 13.2. The Hall–Kier alpha value is -1.36. The molecular weight excluding hydrogens is 331 g/mol. The number of carbonyl (C=O) groups is 1. The molecule has 2 aromatic rings. The van der Waals surface area contributed by atoms with Gasteiger partial charge in [-0.25, -0.2) is 4.79 Å². The molecule has 0 bridgehead atoms. The molecule has 0 spiro atoms. The van der Waals surface area contributed by atoms with Crippen LogP contribution >= 0.6 is 35.0 Å². The van der Waals surface area contributed by atoms with Crippen molar-refractivity contribution >= 4 is 40.9 Å². The summed E-state index contributed by atoms with van der Waals surface area (Å²) in [4.78, 5) is 11.7. The van der Waals surface area contributed by atoms with Gasteiger partial charge in [-0.1, -0.05) is 29.3 Å². The monoisotopic (exact) mass is 342 g/mol. The van der Waals surface area contributed by atoms with Crippen molar-refractivity contribution < 1.29 is 14.6 Å². The summed E-state index contributed by atoms with van der Waals surface area (Å²) < 4.78 is 5.53. The van der Waals surface area contributed by atoms with Crippen LogP contribution in [0.1, 0.15) is 10.4 Å². The molecule has 0 aliphatic carbocycles. The number of hydrogen-bond acceptors (Lipinski definition) is 3. The fraction of sp³-hybridized carbons (Fsp3) is 0.133. The Morgan fingerprint density at radius 2 is 2.00 bits per heavy atom. The minimum Gasteiger partial charge on any atom is -0.493 e. The van der Waals surface area contributed by atoms with Gasteiger partial charge in [-0.2, -0.15) is 0 Å². The fourth-order valence-electron chi connectivity index (χ4n) is 1.62. The molecule has 0 unspecified atom stereocenters. The Labute approximate surface area is 136 Å². The maximum atomic E-state index is 10.9. The van der Waals surface area contributed by atoms with Crippen LogP contribution in [0.25, 0.3) is 0 Å². The Morgan fingerprint density at radius 1 is 1.19 bits per heavy atom. The predicted octanol–water partition coefficient (Wildman–Crippen LogP) is 4.86. The molecule has 0 heterocycles. The van der Waals surface area contributed by atoms with E-state index in [4.69, 9.17) is 33.0 Å². The van der Waals surface area contributed by atoms with E-state index in [0.717, 1.165) is 4.90 Å². The summed E-state index contributed by atoms with van der Waals surface area (Å²) in [7, 11) is 0. The van der Waals surface area contributed by atoms with E-state index in [1.54, 1.807) is 30.3 Å². The molecule has 1 N–H and O–H groups in total. The van der Waals surface area contributed by atoms with Crippen molar-refractivity contribution in [3.05, 3.63) is 58.1 Å². The van der Waals surface area contributed by atoms with Gasteiger partial charge in [0.15, 0.2) is 0 Å². The average molecular weight is 343 g/mol. The van der Waals surface area contributed by atoms with Gasteiger partial charge < -0.3 is 9.84 Å². The van der Waals surface area contributed by atoms with Crippen molar-refractivity contribution in [1.82, 2.24) is 0 Å². The molecule has 0 radical (unpaired) electrons. The maximum Gasteiger partial charge on any atom is 0.335 e. The van der Waals surface area contributed by atoms with Crippen LogP contribution in [0.15, 0.2) is 47.4 Å². The van der Waals surface area contributed by atoms with E-state index in [9.17, 15) is 4.79 Å². The highest BCUT2D eigenvalue weighted by molar-refractivity contribution is 7.99. The molecule has 0 saturated heterocycles. The van der Waals surface area contributed by atoms with Gasteiger partial charge in [0.2, 0.25) is 0 Å². The minimum absolute atomic E-state index is 0.207. The number of thioether (sulfide) groups is 1. The van der Waals surface area contributed by atoms with E-state index >= 15 is 0 Å². The summed E-state index contributed by atoms with van der Waals surface area (Å²) in [5, 5.41) is 10.2. The molecule has 21 heavy (non-hydrogen) atoms. The zero-order chi connectivity index (χ0) is 15.2. The fourth-order valence-corrected chi connectivity index (χ4v) is 2.94. The summed E-state index contributed by atoms with van der Waals surface area (Å²) in [5.74, 6) is 0.241. The molecule has 2 rings (SSSR count). The Bertz CT molecular complexity index is 647. The molecule has 0 aromatic heterocycles. The van der Waals surface area contributed by atoms with Crippen LogP contribution in [0.5, 0.6) is 5.75 Å². The van der Waals surface area contributed by atoms with E-state index < -0.39 is 5.97 Å². The lowest BCUT2D eigenvalue weighted by molar-refractivity contribution is 0.0696. The highest BCUT2D eigenvalue weighted by atomic mass is 35.5. The second-order valence-corrected chi connectivity index (χ2v) is 6.09. The van der Waals surface area contributed by atoms with Gasteiger partial charge in [-0.3, -0.25) is 0 Å². The number of carboxylic acid groups (broad SMARTS) is 1. The molecule has 3 nitrogen and oxygen atoms in total. The number of rotatable bonds is 6. The molecule has 0 amide bonds. The van der Waals surface area contributed by atoms with E-state index in [2.05, 4.69) is 0 Å². The number of hydrogen-bond donors (Lipinski definition) is 1. The zero-order valence-electron chi connectivity index (χ0n) is 10.9. The van der Waals surface area contributed by atoms with Crippen LogP contribution in [0.3, 0.4) is 0 Å². The Kier molecular flexibility index (Phi) is 5.79. The Balaban J connectivity index is 1.86. The standard InChI is InChI=1S/C15H12Cl2O3S/c16-11-4-5-13(17)14(9-11)21-7-6-20-12-3-1-2-10(8-12)15(18)19/h1-5,8-9H,6-7H2,(H,18,19). The highest BCUT2D eigenvalue weighted by Crippen LogP contribution is 2.29. The van der Waals surface area contributed by atoms with Crippen LogP contribution < -0.4 is 4.74 Å². The predicted molar refractivity (Wildman–Crippen MR) is 86.1 cm³/mol. The maximum absolute atomic E-state index is 10.9. The second-order valence-electron chi connectivity index (χ2n) is 4.10. The normalized spacial score (nSPS) is 10.4. The van der Waals surface area contributed by atoms with Gasteiger partial charge in [-0.15, -0.1) is 11.8 Å². The summed E-state index contributed by atoms with van der Waals surface area (Å²) in [6, 6.07) is 11.7. The van der Waals surface area contributed by atoms with E-state index in [-0.39, 0.29) is 5.56 Å². The third kappa shape index (κ3) is 4.84. The lowest BCUT2D eigenvalue weighted by Gasteiger charge is -2.08. The van der Waals surface area contributed by atoms with Crippen molar-refractivity contribution in [2.45, 2.75) is 4.90 Å². The molecule has 6 heteroatoms. The van der Waals surface area contributed by atoms with Gasteiger partial charge in [0, 0.05) is 15.7 Å². The van der Waals surface area contributed by atoms with Crippen LogP contribution in [0.2, 0.25) is 10.0 Å². The first-order valence-corrected chi connectivity index (χ1v) is 7.84. The second kappa shape index (κ2) is 7.59. The molecule has 0 fully saturated rings. The summed E-state index contributed by atoms with van der Waals surface area (Å²) in [6.07, 6.45) is 0. The highest BCUT2D eigenvalue weighted by Gasteiger charge is 2.05. The van der Waals surface area contributed by atoms with Crippen molar-refractivity contribution in [1.29, 1.82) is 0 Å². The topological polar surface area (TPSA) is 46.5 Å². The van der Waals surface area contributed by atoms with Crippen molar-refractivity contribution in [3.8, 4) is 5.75 Å². The lowest BCUT2D eigenvalue weighted by Crippen LogP contribution is -2.02. The molecule has 0 aliphatic rings. The van der Waals surface area contributed by atoms with Gasteiger partial charge in [0.05, 0.1) is 17.2 Å². The summed E-state index contributed by atoms with van der Waals surface area (Å²) >= 11 is 13.5. The number of carboxylic acids is 1. The number of halogens is 2. The molecule has 0 atom stereocenters. The quantitative estimate of drug-likeness (QED) is 0.601. The van der Waals surface area contributed by atoms with Crippen molar-refractivity contribution in [3.63, 3.8) is 0 Å². The van der Waals surface area contributed by atoms with E-state index in [1.807, 2.05) is 0 Å². The van der Waals surface area contributed by atoms with Gasteiger partial charge in [-0.05, 0) is 36.4 Å². The number of ether oxygens (including phenoxy) is 1. The van der Waals surface area contributed by atoms with Crippen LogP contribution in [-0.2, 0) is 0 Å². The summed E-state index contributed by atoms with van der Waals surface area (Å²) in [6.45, 7) is 0.441. The third-order valence-corrected chi connectivity index (χ3v) is 4.28. The van der Waals surface area contributed by atoms with Crippen LogP contribution in [0, 0.1) is 0 Å². The molecule has 0 saturated carbocycles. The molecule has 2 aromatic carbocycles. The molecule has 0 aliphatic heterocycles. The van der Waals surface area contributed by atoms with E-state index in [0.29, 0.717) is 28.2 Å². The first-order chi connectivity index (χ1) is 10.1. The average Bonchev–Trinajstić information content (AvgIpc) is 2.47. The molecule has 110 valence electrons. The van der Waals surface area contributed by atoms with Gasteiger partial charge in [0.1, 0.15) is 5.75 Å². The number of aromatic carboxylic acids is 1. The third-order valence-electron chi connectivity index (χ3n) is 2.58. The molecular formula is C15H12Cl2O3S. The van der Waals surface area contributed by atoms with Crippen LogP contribution in [0.4, 0.5) is 0 Å². The van der Waals surface area contributed by atoms with Crippen molar-refractivity contribution in [2.24, 2.45) is 0 Å². The number of benzene rings is 2. The largest absolute Gasteiger partial charge is 0.493 e. The van der Waals surface area contributed by atoms with Gasteiger partial charge >= 0.3 is 5.97 Å². The lowest BCUT2D eigenvalue weighted by atomic mass is 10.2. The SMILES string of the molecule is O=C(O)c1cccc(OCCSc2cc(Cl)ccc2Cl)c1. The first kappa shape index (κ1) is 16.0. The minimum atomic E-state index is -0.972. The Morgan fingerprint density at radius 3 is 2.76 bits per heavy atom. The first-order valence-electron chi connectivity index (χ1n) is 6.10. The van der Waals surface area contributed by atoms with Crippen molar-refractivity contribution in [2.75, 3.05) is 12.4 Å².